The topological polar surface area (TPSA) is 66.5 Å². The van der Waals surface area contributed by atoms with E-state index < -0.39 is 0 Å². The number of fused-ring (bicyclic) bond motifs is 1. The molecule has 154 valence electrons. The quantitative estimate of drug-likeness (QED) is 0.821. The molecule has 1 atom stereocenters. The van der Waals surface area contributed by atoms with Crippen LogP contribution >= 0.6 is 0 Å². The van der Waals surface area contributed by atoms with Gasteiger partial charge in [0, 0.05) is 58.3 Å². The van der Waals surface area contributed by atoms with Crippen molar-refractivity contribution in [3.8, 4) is 11.5 Å². The smallest absolute Gasteiger partial charge is 0.317 e. The Balaban J connectivity index is 1.20. The van der Waals surface area contributed by atoms with E-state index in [0.29, 0.717) is 25.9 Å². The van der Waals surface area contributed by atoms with Gasteiger partial charge in [0.1, 0.15) is 0 Å². The maximum absolute atomic E-state index is 12.5. The molecule has 0 aromatic heterocycles. The molecule has 4 rings (SSSR count). The minimum atomic E-state index is 0.0367. The van der Waals surface area contributed by atoms with Gasteiger partial charge >= 0.3 is 6.03 Å². The van der Waals surface area contributed by atoms with Crippen molar-refractivity contribution >= 4 is 6.03 Å². The summed E-state index contributed by atoms with van der Waals surface area (Å²) in [4.78, 5) is 19.1. The number of piperazine rings is 1. The predicted molar refractivity (Wildman–Crippen MR) is 105 cm³/mol. The number of carbonyl (C=O) groups excluding carboxylic acids is 1. The van der Waals surface area contributed by atoms with Gasteiger partial charge in [-0.2, -0.15) is 0 Å². The number of amides is 2. The van der Waals surface area contributed by atoms with Gasteiger partial charge in [0.2, 0.25) is 6.79 Å². The molecule has 0 spiro atoms. The van der Waals surface area contributed by atoms with Gasteiger partial charge in [-0.15, -0.1) is 0 Å². The van der Waals surface area contributed by atoms with Crippen molar-refractivity contribution < 1.29 is 19.0 Å². The van der Waals surface area contributed by atoms with Crippen LogP contribution in [0.4, 0.5) is 4.79 Å². The van der Waals surface area contributed by atoms with E-state index in [-0.39, 0.29) is 6.03 Å². The minimum absolute atomic E-state index is 0.0367. The van der Waals surface area contributed by atoms with Crippen molar-refractivity contribution in [3.63, 3.8) is 0 Å². The first kappa shape index (κ1) is 19.3. The number of benzene rings is 1. The van der Waals surface area contributed by atoms with Gasteiger partial charge in [0.05, 0.1) is 13.2 Å². The summed E-state index contributed by atoms with van der Waals surface area (Å²) in [6.45, 7) is 8.47. The molecule has 1 aromatic rings. The summed E-state index contributed by atoms with van der Waals surface area (Å²) in [5.41, 5.74) is 1.21. The molecular weight excluding hydrogens is 360 g/mol. The highest BCUT2D eigenvalue weighted by molar-refractivity contribution is 5.74. The van der Waals surface area contributed by atoms with Crippen LogP contribution in [0.25, 0.3) is 0 Å². The molecule has 2 fully saturated rings. The summed E-state index contributed by atoms with van der Waals surface area (Å²) in [6, 6.07) is 6.14. The van der Waals surface area contributed by atoms with E-state index in [1.165, 1.54) is 5.56 Å². The molecule has 0 radical (unpaired) electrons. The van der Waals surface area contributed by atoms with Crippen LogP contribution in [0.2, 0.25) is 0 Å². The lowest BCUT2D eigenvalue weighted by Gasteiger charge is -2.35. The fraction of sp³-hybridized carbons (Fsp3) is 0.650. The highest BCUT2D eigenvalue weighted by atomic mass is 16.7. The lowest BCUT2D eigenvalue weighted by atomic mass is 10.1. The molecule has 2 saturated heterocycles. The number of carbonyl (C=O) groups is 1. The predicted octanol–water partition coefficient (Wildman–Crippen LogP) is 0.821. The normalized spacial score (nSPS) is 23.5. The number of urea groups is 1. The third kappa shape index (κ3) is 4.87. The Labute approximate surface area is 166 Å². The van der Waals surface area contributed by atoms with Gasteiger partial charge in [-0.1, -0.05) is 6.07 Å². The van der Waals surface area contributed by atoms with Crippen molar-refractivity contribution in [2.45, 2.75) is 6.54 Å². The molecule has 2 amide bonds. The van der Waals surface area contributed by atoms with Gasteiger partial charge in [-0.25, -0.2) is 4.79 Å². The number of nitrogens with one attached hydrogen (secondary N) is 1. The first-order chi connectivity index (χ1) is 13.7. The van der Waals surface area contributed by atoms with E-state index in [9.17, 15) is 4.79 Å². The van der Waals surface area contributed by atoms with Gasteiger partial charge in [0.25, 0.3) is 0 Å². The zero-order chi connectivity index (χ0) is 19.3. The van der Waals surface area contributed by atoms with E-state index in [1.54, 1.807) is 0 Å². The highest BCUT2D eigenvalue weighted by Crippen LogP contribution is 2.32. The van der Waals surface area contributed by atoms with Crippen LogP contribution in [0.1, 0.15) is 5.56 Å². The molecule has 3 aliphatic heterocycles. The first-order valence-electron chi connectivity index (χ1n) is 10.1. The highest BCUT2D eigenvalue weighted by Gasteiger charge is 2.23. The lowest BCUT2D eigenvalue weighted by Crippen LogP contribution is -2.52. The molecule has 3 heterocycles. The standard InChI is InChI=1S/C20H30N4O4/c1-22-8-9-26-14-17(12-22)11-21-20(25)24-6-4-23(5-7-24)13-16-2-3-18-19(10-16)28-15-27-18/h2-3,10,17H,4-9,11-15H2,1H3,(H,21,25)/t17-/m0/s1. The van der Waals surface area contributed by atoms with Gasteiger partial charge in [-0.05, 0) is 24.7 Å². The minimum Gasteiger partial charge on any atom is -0.454 e. The monoisotopic (exact) mass is 390 g/mol. The molecule has 0 saturated carbocycles. The third-order valence-electron chi connectivity index (χ3n) is 5.59. The fourth-order valence-electron chi connectivity index (χ4n) is 3.93. The molecule has 8 nitrogen and oxygen atoms in total. The number of rotatable bonds is 4. The van der Waals surface area contributed by atoms with Crippen LogP contribution < -0.4 is 14.8 Å². The van der Waals surface area contributed by atoms with Crippen LogP contribution in [0.5, 0.6) is 11.5 Å². The summed E-state index contributed by atoms with van der Waals surface area (Å²) in [5, 5.41) is 3.09. The average molecular weight is 390 g/mol. The average Bonchev–Trinajstić information content (AvgIpc) is 3.07. The summed E-state index contributed by atoms with van der Waals surface area (Å²) in [5.74, 6) is 1.99. The van der Waals surface area contributed by atoms with Crippen molar-refractivity contribution in [2.75, 3.05) is 72.9 Å². The maximum Gasteiger partial charge on any atom is 0.317 e. The summed E-state index contributed by atoms with van der Waals surface area (Å²) >= 11 is 0. The maximum atomic E-state index is 12.5. The molecule has 8 heteroatoms. The molecule has 28 heavy (non-hydrogen) atoms. The Morgan fingerprint density at radius 2 is 1.96 bits per heavy atom. The third-order valence-corrected chi connectivity index (χ3v) is 5.59. The van der Waals surface area contributed by atoms with Gasteiger partial charge < -0.3 is 29.3 Å². The Morgan fingerprint density at radius 1 is 1.14 bits per heavy atom. The Bertz CT molecular complexity index is 678. The lowest BCUT2D eigenvalue weighted by molar-refractivity contribution is 0.117. The first-order valence-corrected chi connectivity index (χ1v) is 10.1. The van der Waals surface area contributed by atoms with E-state index in [4.69, 9.17) is 14.2 Å². The zero-order valence-corrected chi connectivity index (χ0v) is 16.6. The summed E-state index contributed by atoms with van der Waals surface area (Å²) in [7, 11) is 2.10. The molecule has 0 unspecified atom stereocenters. The van der Waals surface area contributed by atoms with Crippen molar-refractivity contribution in [3.05, 3.63) is 23.8 Å². The fourth-order valence-corrected chi connectivity index (χ4v) is 3.93. The van der Waals surface area contributed by atoms with Crippen LogP contribution in [-0.2, 0) is 11.3 Å². The van der Waals surface area contributed by atoms with Gasteiger partial charge in [0.15, 0.2) is 11.5 Å². The van der Waals surface area contributed by atoms with Crippen molar-refractivity contribution in [1.82, 2.24) is 20.0 Å². The second kappa shape index (κ2) is 8.98. The number of likely N-dealkylation sites (N-methyl/N-ethyl adjacent to an activating group) is 1. The number of hydrogen-bond acceptors (Lipinski definition) is 6. The van der Waals surface area contributed by atoms with Crippen LogP contribution in [-0.4, -0.2) is 93.6 Å². The number of hydrogen-bond donors (Lipinski definition) is 1. The molecule has 1 N–H and O–H groups in total. The molecule has 3 aliphatic rings. The van der Waals surface area contributed by atoms with Crippen LogP contribution in [0.15, 0.2) is 18.2 Å². The second-order valence-electron chi connectivity index (χ2n) is 7.84. The Kier molecular flexibility index (Phi) is 6.19. The summed E-state index contributed by atoms with van der Waals surface area (Å²) in [6.07, 6.45) is 0. The van der Waals surface area contributed by atoms with E-state index in [0.717, 1.165) is 63.9 Å². The molecule has 0 bridgehead atoms. The molecule has 1 aromatic carbocycles. The van der Waals surface area contributed by atoms with E-state index >= 15 is 0 Å². The number of ether oxygens (including phenoxy) is 3. The largest absolute Gasteiger partial charge is 0.454 e. The Hall–Kier alpha value is -2.03. The van der Waals surface area contributed by atoms with E-state index in [2.05, 4.69) is 28.2 Å². The van der Waals surface area contributed by atoms with Crippen molar-refractivity contribution in [1.29, 1.82) is 0 Å². The summed E-state index contributed by atoms with van der Waals surface area (Å²) < 4.78 is 16.4. The Morgan fingerprint density at radius 3 is 2.82 bits per heavy atom. The van der Waals surface area contributed by atoms with Gasteiger partial charge in [-0.3, -0.25) is 4.90 Å². The van der Waals surface area contributed by atoms with Crippen LogP contribution in [0, 0.1) is 5.92 Å². The SMILES string of the molecule is CN1CCOC[C@@H](CNC(=O)N2CCN(Cc3ccc4c(c3)OCO4)CC2)C1. The second-order valence-corrected chi connectivity index (χ2v) is 7.84. The van der Waals surface area contributed by atoms with Crippen LogP contribution in [0.3, 0.4) is 0 Å². The number of nitrogens with zero attached hydrogens (tertiary/aromatic N) is 3. The molecule has 0 aliphatic carbocycles. The van der Waals surface area contributed by atoms with Crippen molar-refractivity contribution in [2.24, 2.45) is 5.92 Å². The zero-order valence-electron chi connectivity index (χ0n) is 16.6. The van der Waals surface area contributed by atoms with E-state index in [1.807, 2.05) is 17.0 Å². The molecular formula is C20H30N4O4.